The molecule has 0 aliphatic rings. The van der Waals surface area contributed by atoms with Crippen molar-refractivity contribution < 1.29 is 19.5 Å². The quantitative estimate of drug-likeness (QED) is 0.622. The number of rotatable bonds is 9. The minimum atomic E-state index is -1.07. The topological polar surface area (TPSA) is 95.5 Å². The second kappa shape index (κ2) is 9.46. The van der Waals surface area contributed by atoms with E-state index >= 15 is 0 Å². The van der Waals surface area contributed by atoms with Crippen molar-refractivity contribution in [3.8, 4) is 0 Å². The summed E-state index contributed by atoms with van der Waals surface area (Å²) in [6, 6.07) is 6.43. The fourth-order valence-corrected chi connectivity index (χ4v) is 2.51. The maximum atomic E-state index is 12.4. The van der Waals surface area contributed by atoms with Gasteiger partial charge >= 0.3 is 5.97 Å². The maximum Gasteiger partial charge on any atom is 0.310 e. The molecular formula is C18H26N2O4S. The smallest absolute Gasteiger partial charge is 0.310 e. The molecule has 3 N–H and O–H groups in total. The lowest BCUT2D eigenvalue weighted by Crippen LogP contribution is -2.50. The first-order chi connectivity index (χ1) is 11.7. The molecule has 1 unspecified atom stereocenters. The number of benzene rings is 1. The van der Waals surface area contributed by atoms with Crippen molar-refractivity contribution in [1.29, 1.82) is 0 Å². The van der Waals surface area contributed by atoms with Crippen LogP contribution in [0.2, 0.25) is 0 Å². The van der Waals surface area contributed by atoms with Gasteiger partial charge in [0.05, 0.1) is 5.41 Å². The number of carbonyl (C=O) groups excluding carboxylic acids is 2. The molecule has 1 atom stereocenters. The number of hydrogen-bond acceptors (Lipinski definition) is 4. The highest BCUT2D eigenvalue weighted by Gasteiger charge is 2.29. The van der Waals surface area contributed by atoms with Crippen LogP contribution in [-0.2, 0) is 9.59 Å². The summed E-state index contributed by atoms with van der Waals surface area (Å²) in [6.45, 7) is 4.97. The number of nitrogens with one attached hydrogen (secondary N) is 2. The van der Waals surface area contributed by atoms with Crippen molar-refractivity contribution in [2.45, 2.75) is 33.2 Å². The van der Waals surface area contributed by atoms with Gasteiger partial charge < -0.3 is 15.7 Å². The molecule has 0 fully saturated rings. The van der Waals surface area contributed by atoms with E-state index in [2.05, 4.69) is 10.6 Å². The molecule has 1 rings (SSSR count). The number of carboxylic acids is 1. The second-order valence-electron chi connectivity index (χ2n) is 6.58. The van der Waals surface area contributed by atoms with Gasteiger partial charge in [0, 0.05) is 12.1 Å². The van der Waals surface area contributed by atoms with Gasteiger partial charge in [-0.25, -0.2) is 0 Å². The van der Waals surface area contributed by atoms with Crippen molar-refractivity contribution in [3.05, 3.63) is 35.4 Å². The van der Waals surface area contributed by atoms with Crippen molar-refractivity contribution in [2.24, 2.45) is 5.41 Å². The Morgan fingerprint density at radius 3 is 2.52 bits per heavy atom. The van der Waals surface area contributed by atoms with E-state index < -0.39 is 17.4 Å². The summed E-state index contributed by atoms with van der Waals surface area (Å²) in [6.07, 6.45) is 2.39. The van der Waals surface area contributed by atoms with Gasteiger partial charge in [0.1, 0.15) is 6.04 Å². The first-order valence-corrected chi connectivity index (χ1v) is 9.44. The molecular weight excluding hydrogens is 340 g/mol. The lowest BCUT2D eigenvalue weighted by molar-refractivity contribution is -0.146. The van der Waals surface area contributed by atoms with Gasteiger partial charge in [0.2, 0.25) is 5.91 Å². The van der Waals surface area contributed by atoms with Crippen LogP contribution >= 0.6 is 11.8 Å². The number of hydrogen-bond donors (Lipinski definition) is 3. The molecule has 1 aromatic rings. The highest BCUT2D eigenvalue weighted by atomic mass is 32.2. The Balaban J connectivity index is 2.77. The first-order valence-electron chi connectivity index (χ1n) is 8.05. The standard InChI is InChI=1S/C18H26N2O4S/c1-12-6-5-7-13(10-12)15(21)20-14(8-9-25-4)16(22)19-11-18(2,3)17(23)24/h5-7,10,14H,8-9,11H2,1-4H3,(H,19,22)(H,20,21)(H,23,24). The van der Waals surface area contributed by atoms with Crippen LogP contribution in [0.1, 0.15) is 36.2 Å². The van der Waals surface area contributed by atoms with Crippen molar-refractivity contribution in [1.82, 2.24) is 10.6 Å². The number of carboxylic acid groups (broad SMARTS) is 1. The van der Waals surface area contributed by atoms with Gasteiger partial charge in [-0.15, -0.1) is 0 Å². The fourth-order valence-electron chi connectivity index (χ4n) is 2.04. The number of carbonyl (C=O) groups is 3. The molecule has 25 heavy (non-hydrogen) atoms. The molecule has 0 heterocycles. The third-order valence-electron chi connectivity index (χ3n) is 3.80. The van der Waals surface area contributed by atoms with Crippen molar-refractivity contribution in [3.63, 3.8) is 0 Å². The molecule has 138 valence electrons. The summed E-state index contributed by atoms with van der Waals surface area (Å²) < 4.78 is 0. The predicted molar refractivity (Wildman–Crippen MR) is 99.9 cm³/mol. The lowest BCUT2D eigenvalue weighted by atomic mass is 9.94. The highest BCUT2D eigenvalue weighted by Crippen LogP contribution is 2.13. The molecule has 7 heteroatoms. The molecule has 2 amide bonds. The van der Waals surface area contributed by atoms with E-state index in [9.17, 15) is 14.4 Å². The minimum absolute atomic E-state index is 0.00273. The normalized spacial score (nSPS) is 12.3. The van der Waals surface area contributed by atoms with Gasteiger partial charge in [-0.05, 0) is 51.3 Å². The van der Waals surface area contributed by atoms with Crippen molar-refractivity contribution in [2.75, 3.05) is 18.6 Å². The minimum Gasteiger partial charge on any atom is -0.481 e. The summed E-state index contributed by atoms with van der Waals surface area (Å²) in [5, 5.41) is 14.5. The molecule has 0 radical (unpaired) electrons. The lowest BCUT2D eigenvalue weighted by Gasteiger charge is -2.23. The summed E-state index contributed by atoms with van der Waals surface area (Å²) in [7, 11) is 0. The van der Waals surface area contributed by atoms with Crippen LogP contribution in [-0.4, -0.2) is 47.5 Å². The SMILES string of the molecule is CSCCC(NC(=O)c1cccc(C)c1)C(=O)NCC(C)(C)C(=O)O. The van der Waals surface area contributed by atoms with Crippen LogP contribution in [0.4, 0.5) is 0 Å². The Bertz CT molecular complexity index is 631. The van der Waals surface area contributed by atoms with Crippen LogP contribution in [0.15, 0.2) is 24.3 Å². The van der Waals surface area contributed by atoms with Crippen LogP contribution in [0.5, 0.6) is 0 Å². The maximum absolute atomic E-state index is 12.4. The Labute approximate surface area is 152 Å². The number of aliphatic carboxylic acids is 1. The first kappa shape index (κ1) is 21.0. The van der Waals surface area contributed by atoms with E-state index in [1.807, 2.05) is 19.2 Å². The Hall–Kier alpha value is -2.02. The largest absolute Gasteiger partial charge is 0.481 e. The average molecular weight is 366 g/mol. The fraction of sp³-hybridized carbons (Fsp3) is 0.500. The predicted octanol–water partition coefficient (Wildman–Crippen LogP) is 2.07. The summed E-state index contributed by atoms with van der Waals surface area (Å²) in [5.41, 5.74) is 0.383. The van der Waals surface area contributed by atoms with Gasteiger partial charge in [-0.2, -0.15) is 11.8 Å². The molecule has 0 saturated heterocycles. The van der Waals surface area contributed by atoms with Crippen LogP contribution in [0, 0.1) is 12.3 Å². The summed E-state index contributed by atoms with van der Waals surface area (Å²) in [4.78, 5) is 36.0. The van der Waals surface area contributed by atoms with Gasteiger partial charge in [-0.1, -0.05) is 17.7 Å². The van der Waals surface area contributed by atoms with Gasteiger partial charge in [-0.3, -0.25) is 14.4 Å². The zero-order chi connectivity index (χ0) is 19.0. The molecule has 1 aromatic carbocycles. The Kier molecular flexibility index (Phi) is 7.96. The van der Waals surface area contributed by atoms with E-state index in [-0.39, 0.29) is 18.4 Å². The molecule has 0 aromatic heterocycles. The molecule has 0 saturated carbocycles. The molecule has 0 bridgehead atoms. The molecule has 0 spiro atoms. The van der Waals surface area contributed by atoms with Crippen LogP contribution < -0.4 is 10.6 Å². The van der Waals surface area contributed by atoms with E-state index in [1.54, 1.807) is 30.0 Å². The van der Waals surface area contributed by atoms with Gasteiger partial charge in [0.25, 0.3) is 5.91 Å². The van der Waals surface area contributed by atoms with E-state index in [4.69, 9.17) is 5.11 Å². The van der Waals surface area contributed by atoms with E-state index in [0.717, 1.165) is 5.56 Å². The van der Waals surface area contributed by atoms with Crippen LogP contribution in [0.25, 0.3) is 0 Å². The zero-order valence-corrected chi connectivity index (χ0v) is 15.9. The average Bonchev–Trinajstić information content (AvgIpc) is 2.56. The van der Waals surface area contributed by atoms with E-state index in [1.165, 1.54) is 13.8 Å². The van der Waals surface area contributed by atoms with Gasteiger partial charge in [0.15, 0.2) is 0 Å². The number of aryl methyl sites for hydroxylation is 1. The second-order valence-corrected chi connectivity index (χ2v) is 7.57. The number of amides is 2. The molecule has 6 nitrogen and oxygen atoms in total. The Morgan fingerprint density at radius 2 is 1.96 bits per heavy atom. The number of thioether (sulfide) groups is 1. The monoisotopic (exact) mass is 366 g/mol. The highest BCUT2D eigenvalue weighted by molar-refractivity contribution is 7.98. The zero-order valence-electron chi connectivity index (χ0n) is 15.1. The van der Waals surface area contributed by atoms with Crippen molar-refractivity contribution >= 4 is 29.5 Å². The third-order valence-corrected chi connectivity index (χ3v) is 4.44. The van der Waals surface area contributed by atoms with Crippen LogP contribution in [0.3, 0.4) is 0 Å². The summed E-state index contributed by atoms with van der Waals surface area (Å²) >= 11 is 1.58. The third kappa shape index (κ3) is 6.78. The Morgan fingerprint density at radius 1 is 1.28 bits per heavy atom. The molecule has 0 aliphatic heterocycles. The summed E-state index contributed by atoms with van der Waals surface area (Å²) in [5.74, 6) is -0.974. The van der Waals surface area contributed by atoms with E-state index in [0.29, 0.717) is 17.7 Å². The molecule has 0 aliphatic carbocycles.